The van der Waals surface area contributed by atoms with E-state index in [9.17, 15) is 17.6 Å². The van der Waals surface area contributed by atoms with Gasteiger partial charge in [-0.3, -0.25) is 0 Å². The molecule has 1 heterocycles. The predicted molar refractivity (Wildman–Crippen MR) is 61.3 cm³/mol. The van der Waals surface area contributed by atoms with E-state index in [2.05, 4.69) is 5.32 Å². The molecule has 3 N–H and O–H groups in total. The first-order valence-corrected chi connectivity index (χ1v) is 5.48. The zero-order valence-electron chi connectivity index (χ0n) is 9.61. The molecule has 6 heteroatoms. The van der Waals surface area contributed by atoms with E-state index in [0.717, 1.165) is 0 Å². The lowest BCUT2D eigenvalue weighted by molar-refractivity contribution is -0.139. The quantitative estimate of drug-likeness (QED) is 0.760. The highest BCUT2D eigenvalue weighted by atomic mass is 19.4. The molecule has 98 valence electrons. The van der Waals surface area contributed by atoms with Gasteiger partial charge in [0.25, 0.3) is 0 Å². The number of fused-ring (bicyclic) bond motifs is 1. The minimum absolute atomic E-state index is 0.170. The molecular formula is C12H12F4N2. The summed E-state index contributed by atoms with van der Waals surface area (Å²) in [6, 6.07) is 1.64. The lowest BCUT2D eigenvalue weighted by Crippen LogP contribution is -2.25. The normalized spacial score (nSPS) is 18.9. The highest BCUT2D eigenvalue weighted by Crippen LogP contribution is 2.38. The van der Waals surface area contributed by atoms with Crippen LogP contribution in [0.2, 0.25) is 0 Å². The van der Waals surface area contributed by atoms with Crippen molar-refractivity contribution in [2.75, 3.05) is 5.32 Å². The summed E-state index contributed by atoms with van der Waals surface area (Å²) >= 11 is 0. The number of hydrogen-bond donors (Lipinski definition) is 2. The number of rotatable bonds is 1. The maximum Gasteiger partial charge on any atom is 0.419 e. The van der Waals surface area contributed by atoms with Crippen LogP contribution in [0.3, 0.4) is 0 Å². The fraction of sp³-hybridized carbons (Fsp3) is 0.333. The van der Waals surface area contributed by atoms with Crippen LogP contribution in [-0.2, 0) is 6.18 Å². The number of nitrogens with one attached hydrogen (secondary N) is 1. The molecule has 18 heavy (non-hydrogen) atoms. The molecule has 0 saturated carbocycles. The zero-order chi connectivity index (χ0) is 13.5. The summed E-state index contributed by atoms with van der Waals surface area (Å²) in [4.78, 5) is 0. The molecule has 0 radical (unpaired) electrons. The molecule has 0 saturated heterocycles. The average molecular weight is 260 g/mol. The lowest BCUT2D eigenvalue weighted by atomic mass is 9.98. The summed E-state index contributed by atoms with van der Waals surface area (Å²) in [5, 5.41) is 2.73. The van der Waals surface area contributed by atoms with Crippen molar-refractivity contribution in [3.05, 3.63) is 35.2 Å². The van der Waals surface area contributed by atoms with Crippen molar-refractivity contribution in [2.45, 2.75) is 25.6 Å². The maximum atomic E-state index is 13.9. The molecule has 1 aliphatic rings. The summed E-state index contributed by atoms with van der Waals surface area (Å²) in [7, 11) is 0. The molecule has 0 aliphatic carbocycles. The van der Waals surface area contributed by atoms with Gasteiger partial charge in [-0.1, -0.05) is 13.0 Å². The van der Waals surface area contributed by atoms with Crippen molar-refractivity contribution in [3.8, 4) is 0 Å². The molecule has 1 aromatic rings. The third-order valence-corrected chi connectivity index (χ3v) is 2.91. The number of halogens is 4. The predicted octanol–water partition coefficient (Wildman–Crippen LogP) is 3.35. The molecule has 0 fully saturated rings. The van der Waals surface area contributed by atoms with Crippen LogP contribution in [0.1, 0.15) is 24.5 Å². The van der Waals surface area contributed by atoms with Crippen LogP contribution in [0.4, 0.5) is 23.2 Å². The molecule has 0 aromatic heterocycles. The van der Waals surface area contributed by atoms with Crippen molar-refractivity contribution in [2.24, 2.45) is 5.73 Å². The molecule has 1 aromatic carbocycles. The van der Waals surface area contributed by atoms with Gasteiger partial charge in [0.15, 0.2) is 5.82 Å². The summed E-state index contributed by atoms with van der Waals surface area (Å²) in [6.07, 6.45) is -2.43. The van der Waals surface area contributed by atoms with Gasteiger partial charge in [-0.15, -0.1) is 0 Å². The molecule has 2 nitrogen and oxygen atoms in total. The van der Waals surface area contributed by atoms with Crippen LogP contribution < -0.4 is 11.1 Å². The number of nitrogens with two attached hydrogens (primary N) is 1. The number of benzene rings is 1. The SMILES string of the molecule is CCC1C=C(N)c2ccc(C(F)(F)F)c(F)c2N1. The third-order valence-electron chi connectivity index (χ3n) is 2.91. The second-order valence-electron chi connectivity index (χ2n) is 4.13. The molecule has 1 atom stereocenters. The molecular weight excluding hydrogens is 248 g/mol. The van der Waals surface area contributed by atoms with E-state index in [-0.39, 0.29) is 17.3 Å². The molecule has 0 amide bonds. The molecule has 2 rings (SSSR count). The molecule has 0 spiro atoms. The molecule has 1 unspecified atom stereocenters. The Balaban J connectivity index is 2.57. The zero-order valence-corrected chi connectivity index (χ0v) is 9.61. The van der Waals surface area contributed by atoms with Crippen LogP contribution in [0, 0.1) is 5.82 Å². The van der Waals surface area contributed by atoms with Gasteiger partial charge in [0.2, 0.25) is 0 Å². The number of alkyl halides is 3. The van der Waals surface area contributed by atoms with E-state index in [1.165, 1.54) is 6.07 Å². The van der Waals surface area contributed by atoms with Gasteiger partial charge in [-0.25, -0.2) is 4.39 Å². The van der Waals surface area contributed by atoms with E-state index in [1.807, 2.05) is 6.92 Å². The van der Waals surface area contributed by atoms with E-state index in [1.54, 1.807) is 6.08 Å². The van der Waals surface area contributed by atoms with E-state index >= 15 is 0 Å². The van der Waals surface area contributed by atoms with Crippen molar-refractivity contribution in [3.63, 3.8) is 0 Å². The minimum atomic E-state index is -4.71. The smallest absolute Gasteiger partial charge is 0.398 e. The maximum absolute atomic E-state index is 13.9. The van der Waals surface area contributed by atoms with Crippen molar-refractivity contribution >= 4 is 11.4 Å². The molecule has 0 bridgehead atoms. The fourth-order valence-corrected chi connectivity index (χ4v) is 1.93. The Morgan fingerprint density at radius 3 is 2.56 bits per heavy atom. The summed E-state index contributed by atoms with van der Waals surface area (Å²) in [5.74, 6) is -1.30. The largest absolute Gasteiger partial charge is 0.419 e. The Labute approximate surface area is 101 Å². The lowest BCUT2D eigenvalue weighted by Gasteiger charge is -2.25. The Hall–Kier alpha value is -1.72. The average Bonchev–Trinajstić information content (AvgIpc) is 2.28. The number of anilines is 1. The Morgan fingerprint density at radius 1 is 1.33 bits per heavy atom. The Kier molecular flexibility index (Phi) is 2.96. The van der Waals surface area contributed by atoms with Gasteiger partial charge in [0.1, 0.15) is 0 Å². The van der Waals surface area contributed by atoms with Gasteiger partial charge < -0.3 is 11.1 Å². The van der Waals surface area contributed by atoms with Crippen LogP contribution in [0.5, 0.6) is 0 Å². The van der Waals surface area contributed by atoms with Gasteiger partial charge in [0, 0.05) is 17.3 Å². The van der Waals surface area contributed by atoms with Crippen LogP contribution in [0.25, 0.3) is 5.70 Å². The highest BCUT2D eigenvalue weighted by Gasteiger charge is 2.36. The van der Waals surface area contributed by atoms with E-state index in [0.29, 0.717) is 18.2 Å². The Bertz CT molecular complexity index is 506. The van der Waals surface area contributed by atoms with Crippen LogP contribution in [-0.4, -0.2) is 6.04 Å². The van der Waals surface area contributed by atoms with Gasteiger partial charge in [-0.05, 0) is 18.6 Å². The first kappa shape index (κ1) is 12.7. The first-order chi connectivity index (χ1) is 8.34. The second-order valence-corrected chi connectivity index (χ2v) is 4.13. The molecule has 1 aliphatic heterocycles. The minimum Gasteiger partial charge on any atom is -0.398 e. The summed E-state index contributed by atoms with van der Waals surface area (Å²) in [5.41, 5.74) is 4.83. The number of hydrogen-bond acceptors (Lipinski definition) is 2. The standard InChI is InChI=1S/C12H12F4N2/c1-2-6-5-9(17)7-3-4-8(12(14,15)16)10(13)11(7)18-6/h3-6,18H,2,17H2,1H3. The monoisotopic (exact) mass is 260 g/mol. The second kappa shape index (κ2) is 4.19. The van der Waals surface area contributed by atoms with E-state index in [4.69, 9.17) is 5.73 Å². The van der Waals surface area contributed by atoms with Crippen molar-refractivity contribution < 1.29 is 17.6 Å². The first-order valence-electron chi connectivity index (χ1n) is 5.48. The van der Waals surface area contributed by atoms with Gasteiger partial charge in [0.05, 0.1) is 11.3 Å². The van der Waals surface area contributed by atoms with Crippen molar-refractivity contribution in [1.29, 1.82) is 0 Å². The summed E-state index contributed by atoms with van der Waals surface area (Å²) in [6.45, 7) is 1.83. The topological polar surface area (TPSA) is 38.0 Å². The van der Waals surface area contributed by atoms with Gasteiger partial charge >= 0.3 is 6.18 Å². The van der Waals surface area contributed by atoms with Crippen LogP contribution >= 0.6 is 0 Å². The summed E-state index contributed by atoms with van der Waals surface area (Å²) < 4.78 is 51.6. The van der Waals surface area contributed by atoms with Gasteiger partial charge in [-0.2, -0.15) is 13.2 Å². The van der Waals surface area contributed by atoms with E-state index < -0.39 is 17.6 Å². The third kappa shape index (κ3) is 2.02. The highest BCUT2D eigenvalue weighted by molar-refractivity contribution is 5.79. The Morgan fingerprint density at radius 2 is 2.00 bits per heavy atom. The van der Waals surface area contributed by atoms with Crippen molar-refractivity contribution in [1.82, 2.24) is 0 Å². The van der Waals surface area contributed by atoms with Crippen LogP contribution in [0.15, 0.2) is 18.2 Å². The fourth-order valence-electron chi connectivity index (χ4n) is 1.93.